The smallest absolute Gasteiger partial charge is 0.221 e. The Morgan fingerprint density at radius 1 is 1.32 bits per heavy atom. The summed E-state index contributed by atoms with van der Waals surface area (Å²) < 4.78 is 0. The van der Waals surface area contributed by atoms with Crippen LogP contribution in [0.15, 0.2) is 23.2 Å². The largest absolute Gasteiger partial charge is 0.370 e. The number of nitrogens with two attached hydrogens (primary N) is 2. The van der Waals surface area contributed by atoms with Crippen molar-refractivity contribution in [3.63, 3.8) is 0 Å². The van der Waals surface area contributed by atoms with Gasteiger partial charge >= 0.3 is 0 Å². The average molecular weight is 300 g/mol. The van der Waals surface area contributed by atoms with Crippen LogP contribution in [0.3, 0.4) is 0 Å². The minimum Gasteiger partial charge on any atom is -0.370 e. The van der Waals surface area contributed by atoms with Gasteiger partial charge in [0.1, 0.15) is 0 Å². The van der Waals surface area contributed by atoms with E-state index >= 15 is 0 Å². The van der Waals surface area contributed by atoms with Crippen molar-refractivity contribution in [2.24, 2.45) is 16.5 Å². The molecule has 2 rings (SSSR count). The molecule has 5 N–H and O–H groups in total. The summed E-state index contributed by atoms with van der Waals surface area (Å²) in [5.74, 6) is 0.315. The first kappa shape index (κ1) is 14.0. The Bertz CT molecular complexity index is 525. The highest BCUT2D eigenvalue weighted by molar-refractivity contribution is 6.42. The SMILES string of the molecule is N=C(N=C(N)N)N1CCC(c2ccc(Cl)c(Cl)c2)C1. The minimum atomic E-state index is -0.0945. The maximum atomic E-state index is 7.78. The van der Waals surface area contributed by atoms with Crippen LogP contribution in [0.1, 0.15) is 17.9 Å². The number of guanidine groups is 2. The van der Waals surface area contributed by atoms with Crippen molar-refractivity contribution in [2.75, 3.05) is 13.1 Å². The van der Waals surface area contributed by atoms with Gasteiger partial charge in [-0.1, -0.05) is 29.3 Å². The first-order valence-corrected chi connectivity index (χ1v) is 6.61. The summed E-state index contributed by atoms with van der Waals surface area (Å²) in [5, 5.41) is 8.88. The third-order valence-electron chi connectivity index (χ3n) is 3.14. The van der Waals surface area contributed by atoms with E-state index in [1.165, 1.54) is 0 Å². The molecule has 1 heterocycles. The van der Waals surface area contributed by atoms with E-state index in [4.69, 9.17) is 40.1 Å². The van der Waals surface area contributed by atoms with Crippen molar-refractivity contribution in [3.05, 3.63) is 33.8 Å². The Labute approximate surface area is 121 Å². The van der Waals surface area contributed by atoms with E-state index in [2.05, 4.69) is 4.99 Å². The van der Waals surface area contributed by atoms with E-state index in [-0.39, 0.29) is 11.9 Å². The first-order chi connectivity index (χ1) is 8.97. The van der Waals surface area contributed by atoms with Crippen LogP contribution in [0.5, 0.6) is 0 Å². The van der Waals surface area contributed by atoms with Crippen LogP contribution in [0, 0.1) is 5.41 Å². The van der Waals surface area contributed by atoms with E-state index in [0.29, 0.717) is 22.5 Å². The second-order valence-corrected chi connectivity index (χ2v) is 5.28. The zero-order chi connectivity index (χ0) is 14.0. The molecule has 0 spiro atoms. The van der Waals surface area contributed by atoms with Gasteiger partial charge in [0, 0.05) is 19.0 Å². The van der Waals surface area contributed by atoms with Gasteiger partial charge < -0.3 is 16.4 Å². The van der Waals surface area contributed by atoms with Gasteiger partial charge in [-0.25, -0.2) is 0 Å². The van der Waals surface area contributed by atoms with Crippen molar-refractivity contribution < 1.29 is 0 Å². The summed E-state index contributed by atoms with van der Waals surface area (Å²) in [5.41, 5.74) is 11.7. The summed E-state index contributed by atoms with van der Waals surface area (Å²) in [4.78, 5) is 5.59. The highest BCUT2D eigenvalue weighted by atomic mass is 35.5. The summed E-state index contributed by atoms with van der Waals surface area (Å²) in [6.45, 7) is 1.45. The normalized spacial score (nSPS) is 18.4. The van der Waals surface area contributed by atoms with Crippen molar-refractivity contribution in [3.8, 4) is 0 Å². The molecule has 1 saturated heterocycles. The Morgan fingerprint density at radius 3 is 2.68 bits per heavy atom. The van der Waals surface area contributed by atoms with Gasteiger partial charge in [0.25, 0.3) is 0 Å². The molecular weight excluding hydrogens is 285 g/mol. The third-order valence-corrected chi connectivity index (χ3v) is 3.88. The standard InChI is InChI=1S/C12H15Cl2N5/c13-9-2-1-7(5-10(9)14)8-3-4-19(6-8)12(17)18-11(15)16/h1-2,5,8H,3-4,6H2,(H5,15,16,17,18). The number of rotatable bonds is 1. The Morgan fingerprint density at radius 2 is 2.05 bits per heavy atom. The number of likely N-dealkylation sites (tertiary alicyclic amines) is 1. The summed E-state index contributed by atoms with van der Waals surface area (Å²) >= 11 is 11.9. The lowest BCUT2D eigenvalue weighted by Gasteiger charge is -2.16. The molecule has 0 saturated carbocycles. The van der Waals surface area contributed by atoms with Crippen molar-refractivity contribution in [2.45, 2.75) is 12.3 Å². The van der Waals surface area contributed by atoms with Crippen LogP contribution >= 0.6 is 23.2 Å². The monoisotopic (exact) mass is 299 g/mol. The van der Waals surface area contributed by atoms with Gasteiger partial charge in [0.05, 0.1) is 10.0 Å². The zero-order valence-corrected chi connectivity index (χ0v) is 11.7. The quantitative estimate of drug-likeness (QED) is 0.547. The molecule has 0 bridgehead atoms. The fraction of sp³-hybridized carbons (Fsp3) is 0.333. The molecule has 102 valence electrons. The number of nitrogens with one attached hydrogen (secondary N) is 1. The fourth-order valence-electron chi connectivity index (χ4n) is 2.18. The van der Waals surface area contributed by atoms with Crippen molar-refractivity contribution in [1.82, 2.24) is 4.90 Å². The Kier molecular flexibility index (Phi) is 4.17. The Balaban J connectivity index is 2.07. The van der Waals surface area contributed by atoms with Gasteiger partial charge in [0.2, 0.25) is 5.96 Å². The number of aliphatic imine (C=N–C) groups is 1. The first-order valence-electron chi connectivity index (χ1n) is 5.85. The maximum Gasteiger partial charge on any atom is 0.221 e. The van der Waals surface area contributed by atoms with E-state index in [1.807, 2.05) is 17.0 Å². The molecule has 1 unspecified atom stereocenters. The van der Waals surface area contributed by atoms with Gasteiger partial charge in [0.15, 0.2) is 5.96 Å². The average Bonchev–Trinajstić information content (AvgIpc) is 2.81. The number of halogens is 2. The second-order valence-electron chi connectivity index (χ2n) is 4.47. The third kappa shape index (κ3) is 3.30. The summed E-state index contributed by atoms with van der Waals surface area (Å²) in [7, 11) is 0. The van der Waals surface area contributed by atoms with Crippen LogP contribution in [0.4, 0.5) is 0 Å². The van der Waals surface area contributed by atoms with Gasteiger partial charge in [-0.2, -0.15) is 4.99 Å². The van der Waals surface area contributed by atoms with Crippen LogP contribution in [0.2, 0.25) is 10.0 Å². The molecule has 0 aromatic heterocycles. The molecule has 0 aliphatic carbocycles. The van der Waals surface area contributed by atoms with E-state index < -0.39 is 0 Å². The molecule has 1 atom stereocenters. The molecule has 1 aromatic carbocycles. The van der Waals surface area contributed by atoms with Gasteiger partial charge in [-0.05, 0) is 24.1 Å². The van der Waals surface area contributed by atoms with Crippen LogP contribution in [-0.4, -0.2) is 29.9 Å². The van der Waals surface area contributed by atoms with Crippen LogP contribution in [-0.2, 0) is 0 Å². The highest BCUT2D eigenvalue weighted by Crippen LogP contribution is 2.31. The molecule has 7 heteroatoms. The van der Waals surface area contributed by atoms with Gasteiger partial charge in [-0.3, -0.25) is 5.41 Å². The molecule has 0 radical (unpaired) electrons. The number of hydrogen-bond acceptors (Lipinski definition) is 1. The highest BCUT2D eigenvalue weighted by Gasteiger charge is 2.25. The number of benzene rings is 1. The Hall–Kier alpha value is -1.46. The molecule has 1 aromatic rings. The molecule has 5 nitrogen and oxygen atoms in total. The summed E-state index contributed by atoms with van der Waals surface area (Å²) in [6, 6.07) is 5.64. The van der Waals surface area contributed by atoms with Crippen molar-refractivity contribution >= 4 is 35.1 Å². The van der Waals surface area contributed by atoms with E-state index in [9.17, 15) is 0 Å². The van der Waals surface area contributed by atoms with Crippen molar-refractivity contribution in [1.29, 1.82) is 5.41 Å². The van der Waals surface area contributed by atoms with E-state index in [1.54, 1.807) is 6.07 Å². The molecule has 1 fully saturated rings. The molecule has 0 amide bonds. The number of hydrogen-bond donors (Lipinski definition) is 3. The minimum absolute atomic E-state index is 0.0945. The lowest BCUT2D eigenvalue weighted by molar-refractivity contribution is 0.501. The number of nitrogens with zero attached hydrogens (tertiary/aromatic N) is 2. The lowest BCUT2D eigenvalue weighted by Crippen LogP contribution is -2.31. The molecule has 19 heavy (non-hydrogen) atoms. The topological polar surface area (TPSA) is 91.5 Å². The predicted octanol–water partition coefficient (Wildman–Crippen LogP) is 1.99. The summed E-state index contributed by atoms with van der Waals surface area (Å²) in [6.07, 6.45) is 0.931. The van der Waals surface area contributed by atoms with Crippen LogP contribution < -0.4 is 11.5 Å². The lowest BCUT2D eigenvalue weighted by atomic mass is 9.99. The van der Waals surface area contributed by atoms with Crippen LogP contribution in [0.25, 0.3) is 0 Å². The molecule has 1 aliphatic heterocycles. The second kappa shape index (κ2) is 5.67. The van der Waals surface area contributed by atoms with E-state index in [0.717, 1.165) is 18.5 Å². The zero-order valence-electron chi connectivity index (χ0n) is 10.2. The molecule has 1 aliphatic rings. The fourth-order valence-corrected chi connectivity index (χ4v) is 2.49. The maximum absolute atomic E-state index is 7.78. The molecular formula is C12H15Cl2N5. The van der Waals surface area contributed by atoms with Gasteiger partial charge in [-0.15, -0.1) is 0 Å². The predicted molar refractivity (Wildman–Crippen MR) is 78.9 cm³/mol.